The van der Waals surface area contributed by atoms with Gasteiger partial charge in [-0.2, -0.15) is 13.2 Å². The number of ether oxygens (including phenoxy) is 1. The third-order valence-electron chi connectivity index (χ3n) is 2.90. The molecule has 2 rings (SSSR count). The Hall–Kier alpha value is -2.16. The lowest BCUT2D eigenvalue weighted by Gasteiger charge is -2.20. The van der Waals surface area contributed by atoms with Crippen LogP contribution in [0, 0.1) is 0 Å². The summed E-state index contributed by atoms with van der Waals surface area (Å²) < 4.78 is 43.9. The number of halogens is 4. The number of amides is 2. The lowest BCUT2D eigenvalue weighted by atomic mass is 10.1. The molecule has 1 aliphatic rings. The summed E-state index contributed by atoms with van der Waals surface area (Å²) in [5.74, 6) is -0.121. The fraction of sp³-hybridized carbons (Fsp3) is 0.333. The predicted octanol–water partition coefficient (Wildman–Crippen LogP) is 2.30. The van der Waals surface area contributed by atoms with Crippen LogP contribution in [0.2, 0.25) is 0 Å². The van der Waals surface area contributed by atoms with Crippen LogP contribution in [-0.4, -0.2) is 37.1 Å². The summed E-state index contributed by atoms with van der Waals surface area (Å²) in [7, 11) is 1.22. The minimum atomic E-state index is -4.62. The van der Waals surface area contributed by atoms with Crippen LogP contribution in [0.25, 0.3) is 0 Å². The Labute approximate surface area is 130 Å². The third kappa shape index (κ3) is 3.53. The number of hydrogen-bond acceptors (Lipinski definition) is 4. The van der Waals surface area contributed by atoms with Crippen molar-refractivity contribution in [3.05, 3.63) is 23.8 Å². The number of aliphatic imine (C=N–C) groups is 1. The number of guanidine groups is 1. The molecule has 1 heterocycles. The number of nitrogens with zero attached hydrogens (tertiary/aromatic N) is 2. The number of nitrogens with one attached hydrogen (secondary N) is 1. The Morgan fingerprint density at radius 2 is 2.14 bits per heavy atom. The molecule has 6 nitrogen and oxygen atoms in total. The first kappa shape index (κ1) is 17.9. The summed E-state index contributed by atoms with van der Waals surface area (Å²) in [6, 6.07) is 2.60. The van der Waals surface area contributed by atoms with Crippen LogP contribution in [0.1, 0.15) is 5.56 Å². The van der Waals surface area contributed by atoms with Crippen LogP contribution in [-0.2, 0) is 6.18 Å². The summed E-state index contributed by atoms with van der Waals surface area (Å²) in [6.45, 7) is 0.533. The van der Waals surface area contributed by atoms with E-state index in [-0.39, 0.29) is 30.7 Å². The average Bonchev–Trinajstić information content (AvgIpc) is 2.84. The molecule has 3 N–H and O–H groups in total. The summed E-state index contributed by atoms with van der Waals surface area (Å²) in [5.41, 5.74) is 4.05. The minimum absolute atomic E-state index is 0. The molecular formula is C12H14ClF3N4O2. The average molecular weight is 339 g/mol. The van der Waals surface area contributed by atoms with Gasteiger partial charge in [0.15, 0.2) is 5.96 Å². The van der Waals surface area contributed by atoms with Gasteiger partial charge in [-0.15, -0.1) is 12.4 Å². The van der Waals surface area contributed by atoms with E-state index in [4.69, 9.17) is 10.5 Å². The van der Waals surface area contributed by atoms with Gasteiger partial charge >= 0.3 is 12.2 Å². The quantitative estimate of drug-likeness (QED) is 0.868. The molecule has 1 aromatic rings. The summed E-state index contributed by atoms with van der Waals surface area (Å²) in [5, 5.41) is 2.19. The van der Waals surface area contributed by atoms with Crippen LogP contribution in [0.15, 0.2) is 23.2 Å². The third-order valence-corrected chi connectivity index (χ3v) is 2.90. The van der Waals surface area contributed by atoms with Gasteiger partial charge < -0.3 is 15.8 Å². The number of urea groups is 1. The molecule has 0 atom stereocenters. The predicted molar refractivity (Wildman–Crippen MR) is 77.5 cm³/mol. The second-order valence-electron chi connectivity index (χ2n) is 4.20. The molecule has 0 unspecified atom stereocenters. The van der Waals surface area contributed by atoms with Gasteiger partial charge in [-0.05, 0) is 12.1 Å². The van der Waals surface area contributed by atoms with Gasteiger partial charge in [-0.3, -0.25) is 9.89 Å². The summed E-state index contributed by atoms with van der Waals surface area (Å²) in [6.07, 6.45) is -4.62. The molecule has 1 aromatic carbocycles. The molecule has 122 valence electrons. The number of alkyl halides is 3. The van der Waals surface area contributed by atoms with E-state index in [1.807, 2.05) is 0 Å². The minimum Gasteiger partial charge on any atom is -0.495 e. The molecule has 0 radical (unpaired) electrons. The van der Waals surface area contributed by atoms with Gasteiger partial charge in [0.25, 0.3) is 0 Å². The molecule has 0 aromatic heterocycles. The molecule has 22 heavy (non-hydrogen) atoms. The Morgan fingerprint density at radius 1 is 1.45 bits per heavy atom. The van der Waals surface area contributed by atoms with E-state index in [0.29, 0.717) is 6.54 Å². The number of hydrogen-bond donors (Lipinski definition) is 2. The number of nitrogens with two attached hydrogens (primary N) is 1. The standard InChI is InChI=1S/C12H13F3N4O2.ClH/c1-21-8-4-2-3-7(12(13,14)15)9(8)18-11(20)19-6-5-17-10(19)16;/h2-4H,5-6H2,1H3,(H2,16,17)(H,18,20);1H. The first-order valence-electron chi connectivity index (χ1n) is 5.97. The molecule has 0 aliphatic carbocycles. The van der Waals surface area contributed by atoms with E-state index in [1.165, 1.54) is 19.2 Å². The zero-order valence-electron chi connectivity index (χ0n) is 11.5. The maximum absolute atomic E-state index is 13.0. The van der Waals surface area contributed by atoms with Gasteiger partial charge in [0.2, 0.25) is 0 Å². The van der Waals surface area contributed by atoms with E-state index in [0.717, 1.165) is 11.0 Å². The maximum atomic E-state index is 13.0. The second kappa shape index (κ2) is 6.73. The highest BCUT2D eigenvalue weighted by atomic mass is 35.5. The highest BCUT2D eigenvalue weighted by Crippen LogP contribution is 2.39. The number of anilines is 1. The van der Waals surface area contributed by atoms with Crippen LogP contribution >= 0.6 is 12.4 Å². The lowest BCUT2D eigenvalue weighted by molar-refractivity contribution is -0.137. The van der Waals surface area contributed by atoms with E-state index >= 15 is 0 Å². The van der Waals surface area contributed by atoms with Crippen molar-refractivity contribution in [2.45, 2.75) is 6.18 Å². The lowest BCUT2D eigenvalue weighted by Crippen LogP contribution is -2.42. The molecule has 0 saturated carbocycles. The number of rotatable bonds is 2. The summed E-state index contributed by atoms with van der Waals surface area (Å²) in [4.78, 5) is 16.9. The van der Waals surface area contributed by atoms with Crippen LogP contribution in [0.5, 0.6) is 5.75 Å². The van der Waals surface area contributed by atoms with Gasteiger partial charge in [0, 0.05) is 0 Å². The SMILES string of the molecule is COc1cccc(C(F)(F)F)c1NC(=O)N1CCN=C1N.Cl. The molecular weight excluding hydrogens is 325 g/mol. The molecule has 0 saturated heterocycles. The van der Waals surface area contributed by atoms with Crippen LogP contribution in [0.4, 0.5) is 23.7 Å². The zero-order valence-corrected chi connectivity index (χ0v) is 12.3. The van der Waals surface area contributed by atoms with E-state index in [2.05, 4.69) is 10.3 Å². The molecule has 0 spiro atoms. The van der Waals surface area contributed by atoms with Gasteiger partial charge in [-0.25, -0.2) is 4.79 Å². The summed E-state index contributed by atoms with van der Waals surface area (Å²) >= 11 is 0. The van der Waals surface area contributed by atoms with Gasteiger partial charge in [0.05, 0.1) is 31.5 Å². The van der Waals surface area contributed by atoms with E-state index in [1.54, 1.807) is 0 Å². The second-order valence-corrected chi connectivity index (χ2v) is 4.20. The smallest absolute Gasteiger partial charge is 0.418 e. The van der Waals surface area contributed by atoms with Crippen molar-refractivity contribution < 1.29 is 22.7 Å². The maximum Gasteiger partial charge on any atom is 0.418 e. The number of carbonyl (C=O) groups is 1. The van der Waals surface area contributed by atoms with Crippen molar-refractivity contribution >= 4 is 30.1 Å². The Morgan fingerprint density at radius 3 is 2.64 bits per heavy atom. The Balaban J connectivity index is 0.00000242. The normalized spacial score (nSPS) is 14.2. The Kier molecular flexibility index (Phi) is 5.48. The fourth-order valence-electron chi connectivity index (χ4n) is 1.91. The van der Waals surface area contributed by atoms with Crippen molar-refractivity contribution in [3.63, 3.8) is 0 Å². The van der Waals surface area contributed by atoms with E-state index in [9.17, 15) is 18.0 Å². The molecule has 10 heteroatoms. The highest BCUT2D eigenvalue weighted by molar-refractivity contribution is 6.03. The first-order chi connectivity index (χ1) is 9.84. The van der Waals surface area contributed by atoms with E-state index < -0.39 is 23.5 Å². The van der Waals surface area contributed by atoms with Crippen LogP contribution in [0.3, 0.4) is 0 Å². The zero-order chi connectivity index (χ0) is 15.6. The van der Waals surface area contributed by atoms with Gasteiger partial charge in [0.1, 0.15) is 5.75 Å². The topological polar surface area (TPSA) is 80.0 Å². The van der Waals surface area contributed by atoms with Crippen LogP contribution < -0.4 is 15.8 Å². The highest BCUT2D eigenvalue weighted by Gasteiger charge is 2.36. The fourth-order valence-corrected chi connectivity index (χ4v) is 1.91. The van der Waals surface area contributed by atoms with Crippen molar-refractivity contribution in [3.8, 4) is 5.75 Å². The number of benzene rings is 1. The molecule has 1 aliphatic heterocycles. The molecule has 2 amide bonds. The number of para-hydroxylation sites is 1. The first-order valence-corrected chi connectivity index (χ1v) is 5.97. The van der Waals surface area contributed by atoms with Gasteiger partial charge in [-0.1, -0.05) is 6.07 Å². The monoisotopic (exact) mass is 338 g/mol. The molecule has 0 bridgehead atoms. The van der Waals surface area contributed by atoms with Crippen molar-refractivity contribution in [1.82, 2.24) is 4.90 Å². The largest absolute Gasteiger partial charge is 0.495 e. The number of carbonyl (C=O) groups excluding carboxylic acids is 1. The molecule has 0 fully saturated rings. The van der Waals surface area contributed by atoms with Crippen molar-refractivity contribution in [2.24, 2.45) is 10.7 Å². The Bertz CT molecular complexity index is 592. The van der Waals surface area contributed by atoms with Crippen molar-refractivity contribution in [2.75, 3.05) is 25.5 Å². The number of methoxy groups -OCH3 is 1. The van der Waals surface area contributed by atoms with Crippen molar-refractivity contribution in [1.29, 1.82) is 0 Å².